The molecule has 1 aliphatic carbocycles. The first-order chi connectivity index (χ1) is 15.3. The van der Waals surface area contributed by atoms with Crippen molar-refractivity contribution in [2.24, 2.45) is 23.7 Å². The van der Waals surface area contributed by atoms with E-state index < -0.39 is 11.6 Å². The maximum Gasteiger partial charge on any atom is 0.255 e. The van der Waals surface area contributed by atoms with Crippen LogP contribution in [0, 0.1) is 47.1 Å². The SMILES string of the molecule is CC(C)[C@@H](C)Nc1c(-c2c(F)cc(C#CC3[C@H]4CNC[C@@H]34)cc2F)c(Cl)nc2ncnn12.Cl. The molecule has 0 bridgehead atoms. The van der Waals surface area contributed by atoms with Crippen molar-refractivity contribution < 1.29 is 8.78 Å². The molecule has 1 aliphatic heterocycles. The highest BCUT2D eigenvalue weighted by Gasteiger charge is 2.51. The van der Waals surface area contributed by atoms with E-state index in [0.29, 0.717) is 29.1 Å². The summed E-state index contributed by atoms with van der Waals surface area (Å²) in [5.41, 5.74) is 0.142. The number of rotatable bonds is 4. The minimum atomic E-state index is -0.754. The first-order valence-corrected chi connectivity index (χ1v) is 11.1. The molecular weight excluding hydrogens is 469 g/mol. The highest BCUT2D eigenvalue weighted by atomic mass is 35.5. The van der Waals surface area contributed by atoms with Crippen LogP contribution < -0.4 is 10.6 Å². The van der Waals surface area contributed by atoms with Crippen LogP contribution in [0.3, 0.4) is 0 Å². The summed E-state index contributed by atoms with van der Waals surface area (Å²) in [6.45, 7) is 7.98. The number of hydrogen-bond acceptors (Lipinski definition) is 5. The van der Waals surface area contributed by atoms with Crippen LogP contribution in [0.2, 0.25) is 5.15 Å². The number of aromatic nitrogens is 4. The molecule has 3 heterocycles. The highest BCUT2D eigenvalue weighted by molar-refractivity contribution is 6.33. The van der Waals surface area contributed by atoms with Gasteiger partial charge in [0.2, 0.25) is 0 Å². The fourth-order valence-electron chi connectivity index (χ4n) is 4.24. The average Bonchev–Trinajstić information content (AvgIpc) is 3.10. The fraction of sp³-hybridized carbons (Fsp3) is 0.435. The van der Waals surface area contributed by atoms with E-state index in [1.807, 2.05) is 20.8 Å². The van der Waals surface area contributed by atoms with Gasteiger partial charge >= 0.3 is 0 Å². The second-order valence-electron chi connectivity index (χ2n) is 8.87. The zero-order valence-electron chi connectivity index (χ0n) is 18.4. The van der Waals surface area contributed by atoms with Crippen molar-refractivity contribution in [2.45, 2.75) is 26.8 Å². The summed E-state index contributed by atoms with van der Waals surface area (Å²) in [4.78, 5) is 8.24. The fourth-order valence-corrected chi connectivity index (χ4v) is 4.50. The lowest BCUT2D eigenvalue weighted by Crippen LogP contribution is -2.24. The maximum atomic E-state index is 15.3. The van der Waals surface area contributed by atoms with Crippen molar-refractivity contribution in [3.63, 3.8) is 0 Å². The smallest absolute Gasteiger partial charge is 0.255 e. The molecule has 1 saturated carbocycles. The van der Waals surface area contributed by atoms with Gasteiger partial charge in [0.05, 0.1) is 11.1 Å². The van der Waals surface area contributed by atoms with E-state index in [-0.39, 0.29) is 46.4 Å². The monoisotopic (exact) mass is 492 g/mol. The molecule has 2 N–H and O–H groups in total. The molecule has 10 heteroatoms. The lowest BCUT2D eigenvalue weighted by atomic mass is 10.0. The molecule has 174 valence electrons. The van der Waals surface area contributed by atoms with E-state index in [0.717, 1.165) is 13.1 Å². The Morgan fingerprint density at radius 2 is 1.82 bits per heavy atom. The Hall–Kier alpha value is -2.47. The summed E-state index contributed by atoms with van der Waals surface area (Å²) in [5, 5.41) is 10.7. The quantitative estimate of drug-likeness (QED) is 0.416. The third-order valence-electron chi connectivity index (χ3n) is 6.51. The predicted octanol–water partition coefficient (Wildman–Crippen LogP) is 4.42. The molecule has 2 fully saturated rings. The van der Waals surface area contributed by atoms with Crippen molar-refractivity contribution in [3.05, 3.63) is 40.8 Å². The summed E-state index contributed by atoms with van der Waals surface area (Å²) in [6, 6.07) is 2.47. The Morgan fingerprint density at radius 1 is 1.15 bits per heavy atom. The summed E-state index contributed by atoms with van der Waals surface area (Å²) in [6.07, 6.45) is 1.32. The average molecular weight is 493 g/mol. The van der Waals surface area contributed by atoms with E-state index in [4.69, 9.17) is 11.6 Å². The van der Waals surface area contributed by atoms with Crippen LogP contribution in [0.5, 0.6) is 0 Å². The van der Waals surface area contributed by atoms with Crippen molar-refractivity contribution >= 4 is 35.6 Å². The van der Waals surface area contributed by atoms with Gasteiger partial charge in [-0.3, -0.25) is 0 Å². The highest BCUT2D eigenvalue weighted by Crippen LogP contribution is 2.48. The molecule has 5 rings (SSSR count). The number of fused-ring (bicyclic) bond motifs is 2. The molecule has 0 spiro atoms. The summed E-state index contributed by atoms with van der Waals surface area (Å²) < 4.78 is 32.0. The zero-order valence-corrected chi connectivity index (χ0v) is 19.9. The van der Waals surface area contributed by atoms with Gasteiger partial charge in [-0.05, 0) is 49.9 Å². The van der Waals surface area contributed by atoms with Gasteiger partial charge in [-0.2, -0.15) is 19.6 Å². The van der Waals surface area contributed by atoms with Crippen LogP contribution in [0.4, 0.5) is 14.6 Å². The first-order valence-electron chi connectivity index (χ1n) is 10.7. The molecule has 1 unspecified atom stereocenters. The van der Waals surface area contributed by atoms with E-state index in [1.54, 1.807) is 0 Å². The van der Waals surface area contributed by atoms with Crippen LogP contribution in [0.15, 0.2) is 18.5 Å². The zero-order chi connectivity index (χ0) is 22.6. The number of nitrogens with one attached hydrogen (secondary N) is 2. The number of hydrogen-bond donors (Lipinski definition) is 2. The van der Waals surface area contributed by atoms with Gasteiger partial charge in [-0.1, -0.05) is 37.3 Å². The van der Waals surface area contributed by atoms with Gasteiger partial charge in [0, 0.05) is 17.5 Å². The number of nitrogens with zero attached hydrogens (tertiary/aromatic N) is 4. The van der Waals surface area contributed by atoms with Crippen molar-refractivity contribution in [1.29, 1.82) is 0 Å². The maximum absolute atomic E-state index is 15.3. The van der Waals surface area contributed by atoms with Gasteiger partial charge in [0.1, 0.15) is 28.9 Å². The van der Waals surface area contributed by atoms with Crippen molar-refractivity contribution in [2.75, 3.05) is 18.4 Å². The minimum absolute atomic E-state index is 0. The number of piperidine rings is 1. The largest absolute Gasteiger partial charge is 0.367 e. The number of benzene rings is 1. The van der Waals surface area contributed by atoms with Gasteiger partial charge in [-0.15, -0.1) is 12.4 Å². The van der Waals surface area contributed by atoms with Crippen molar-refractivity contribution in [1.82, 2.24) is 24.9 Å². The van der Waals surface area contributed by atoms with Crippen LogP contribution in [0.25, 0.3) is 16.9 Å². The second-order valence-corrected chi connectivity index (χ2v) is 9.23. The summed E-state index contributed by atoms with van der Waals surface area (Å²) >= 11 is 6.41. The third-order valence-corrected chi connectivity index (χ3v) is 6.79. The van der Waals surface area contributed by atoms with Crippen LogP contribution in [-0.4, -0.2) is 38.7 Å². The Labute approximate surface area is 201 Å². The molecule has 33 heavy (non-hydrogen) atoms. The van der Waals surface area contributed by atoms with Gasteiger partial charge < -0.3 is 10.6 Å². The molecule has 2 aromatic heterocycles. The molecule has 3 aromatic rings. The third kappa shape index (κ3) is 4.25. The van der Waals surface area contributed by atoms with Gasteiger partial charge in [0.15, 0.2) is 0 Å². The van der Waals surface area contributed by atoms with Crippen LogP contribution in [-0.2, 0) is 0 Å². The van der Waals surface area contributed by atoms with E-state index in [9.17, 15) is 0 Å². The molecule has 1 aromatic carbocycles. The molecule has 0 radical (unpaired) electrons. The topological polar surface area (TPSA) is 67.1 Å². The standard InChI is InChI=1S/C23H23ClF2N6.ClH/c1-11(2)12(3)30-22-20(21(24)31-23-28-10-29-32(22)23)19-17(25)6-13(7-18(19)26)4-5-14-15-8-27-9-16(14)15;/h6-7,10-12,14-16,27,30H,8-9H2,1-3H3;1H/t12-,14?,15-,16+;/m1./s1. The van der Waals surface area contributed by atoms with Gasteiger partial charge in [-0.25, -0.2) is 8.78 Å². The lowest BCUT2D eigenvalue weighted by Gasteiger charge is -2.22. The minimum Gasteiger partial charge on any atom is -0.367 e. The molecule has 1 saturated heterocycles. The van der Waals surface area contributed by atoms with Crippen LogP contribution >= 0.6 is 24.0 Å². The number of halogens is 4. The lowest BCUT2D eigenvalue weighted by molar-refractivity contribution is 0.556. The molecule has 2 aliphatic rings. The molecule has 0 amide bonds. The first kappa shape index (κ1) is 23.7. The van der Waals surface area contributed by atoms with Crippen LogP contribution in [0.1, 0.15) is 26.3 Å². The Balaban J connectivity index is 0.00000259. The summed E-state index contributed by atoms with van der Waals surface area (Å²) in [5.74, 6) is 6.88. The Morgan fingerprint density at radius 3 is 2.45 bits per heavy atom. The molecule has 4 atom stereocenters. The normalized spacial score (nSPS) is 21.8. The van der Waals surface area contributed by atoms with E-state index >= 15 is 8.78 Å². The predicted molar refractivity (Wildman–Crippen MR) is 127 cm³/mol. The Bertz CT molecular complexity index is 1230. The van der Waals surface area contributed by atoms with Gasteiger partial charge in [0.25, 0.3) is 5.78 Å². The van der Waals surface area contributed by atoms with E-state index in [1.165, 1.54) is 23.0 Å². The molecular formula is C23H24Cl2F2N6. The Kier molecular flexibility index (Phi) is 6.50. The molecule has 6 nitrogen and oxygen atoms in total. The number of anilines is 1. The van der Waals surface area contributed by atoms with E-state index in [2.05, 4.69) is 37.5 Å². The summed E-state index contributed by atoms with van der Waals surface area (Å²) in [7, 11) is 0. The second kappa shape index (κ2) is 9.05. The van der Waals surface area contributed by atoms with Crippen molar-refractivity contribution in [3.8, 4) is 23.0 Å².